The maximum Gasteiger partial charge on any atom is 0.101 e. The van der Waals surface area contributed by atoms with Crippen molar-refractivity contribution in [3.05, 3.63) is 106 Å². The van der Waals surface area contributed by atoms with Crippen LogP contribution < -0.4 is 0 Å². The van der Waals surface area contributed by atoms with Crippen molar-refractivity contribution in [1.82, 2.24) is 0 Å². The van der Waals surface area contributed by atoms with Gasteiger partial charge in [0.05, 0.1) is 0 Å². The molecule has 0 saturated carbocycles. The van der Waals surface area contributed by atoms with Crippen LogP contribution in [0.5, 0.6) is 0 Å². The Bertz CT molecular complexity index is 1020. The summed E-state index contributed by atoms with van der Waals surface area (Å²) in [6.45, 7) is 0. The molecule has 0 N–H and O–H groups in total. The largest absolute Gasteiger partial charge is 0.280 e. The number of hydrogen-bond donors (Lipinski definition) is 0. The first-order valence-electron chi connectivity index (χ1n) is 7.84. The average Bonchev–Trinajstić information content (AvgIpc) is 3.07. The number of hydrogen-bond acceptors (Lipinski definition) is 2. The monoisotopic (exact) mass is 325 g/mol. The van der Waals surface area contributed by atoms with Crippen LogP contribution in [0, 0.1) is 0 Å². The molecule has 0 amide bonds. The van der Waals surface area contributed by atoms with E-state index in [1.807, 2.05) is 24.4 Å². The van der Waals surface area contributed by atoms with Crippen LogP contribution in [-0.2, 0) is 0 Å². The van der Waals surface area contributed by atoms with Crippen molar-refractivity contribution in [2.75, 3.05) is 0 Å². The van der Waals surface area contributed by atoms with E-state index in [0.717, 1.165) is 5.57 Å². The van der Waals surface area contributed by atoms with Crippen molar-refractivity contribution in [1.29, 1.82) is 0 Å². The molecule has 1 aliphatic rings. The highest BCUT2D eigenvalue weighted by Crippen LogP contribution is 2.29. The Kier molecular flexibility index (Phi) is 4.10. The van der Waals surface area contributed by atoms with E-state index >= 15 is 0 Å². The molecule has 1 unspecified atom stereocenters. The number of benzene rings is 2. The number of rotatable bonds is 4. The molecular formula is C22H15NS. The Labute approximate surface area is 145 Å². The van der Waals surface area contributed by atoms with E-state index in [9.17, 15) is 0 Å². The van der Waals surface area contributed by atoms with Crippen molar-refractivity contribution >= 4 is 27.6 Å². The smallest absolute Gasteiger partial charge is 0.101 e. The van der Waals surface area contributed by atoms with E-state index in [0.29, 0.717) is 0 Å². The van der Waals surface area contributed by atoms with E-state index in [2.05, 4.69) is 71.4 Å². The third-order valence-electron chi connectivity index (χ3n) is 3.99. The van der Waals surface area contributed by atoms with Gasteiger partial charge < -0.3 is 0 Å². The van der Waals surface area contributed by atoms with Gasteiger partial charge in [0.25, 0.3) is 0 Å². The Hall–Kier alpha value is -2.89. The van der Waals surface area contributed by atoms with Gasteiger partial charge in [-0.15, -0.1) is 11.3 Å². The summed E-state index contributed by atoms with van der Waals surface area (Å²) in [6.07, 6.45) is 7.89. The third kappa shape index (κ3) is 2.95. The van der Waals surface area contributed by atoms with E-state index in [4.69, 9.17) is 4.99 Å². The maximum absolute atomic E-state index is 4.90. The van der Waals surface area contributed by atoms with Crippen LogP contribution in [0.1, 0.15) is 17.2 Å². The summed E-state index contributed by atoms with van der Waals surface area (Å²) in [5, 5.41) is 3.42. The van der Waals surface area contributed by atoms with Gasteiger partial charge in [-0.25, -0.2) is 0 Å². The van der Waals surface area contributed by atoms with Gasteiger partial charge in [0.2, 0.25) is 0 Å². The molecule has 1 atom stereocenters. The molecule has 1 aliphatic carbocycles. The molecule has 0 radical (unpaired) electrons. The minimum absolute atomic E-state index is 0.0317. The lowest BCUT2D eigenvalue weighted by Crippen LogP contribution is -1.99. The van der Waals surface area contributed by atoms with E-state index in [1.54, 1.807) is 11.3 Å². The summed E-state index contributed by atoms with van der Waals surface area (Å²) in [5.41, 5.74) is 9.46. The molecule has 0 spiro atoms. The molecule has 1 heterocycles. The normalized spacial score (nSPS) is 14.4. The zero-order chi connectivity index (χ0) is 16.2. The Morgan fingerprint density at radius 1 is 0.958 bits per heavy atom. The number of thiophene rings is 1. The first-order valence-corrected chi connectivity index (χ1v) is 8.72. The van der Waals surface area contributed by atoms with Crippen LogP contribution in [0.4, 0.5) is 0 Å². The van der Waals surface area contributed by atoms with Crippen molar-refractivity contribution in [2.45, 2.75) is 6.04 Å². The summed E-state index contributed by atoms with van der Waals surface area (Å²) >= 11 is 1.75. The molecule has 24 heavy (non-hydrogen) atoms. The van der Waals surface area contributed by atoms with Gasteiger partial charge in [-0.2, -0.15) is 0 Å². The van der Waals surface area contributed by atoms with E-state index in [1.165, 1.54) is 21.2 Å². The van der Waals surface area contributed by atoms with E-state index in [-0.39, 0.29) is 6.04 Å². The maximum atomic E-state index is 4.90. The number of aliphatic imine (C=N–C) groups is 1. The first-order chi connectivity index (χ1) is 11.9. The molecule has 3 aromatic rings. The average molecular weight is 325 g/mol. The summed E-state index contributed by atoms with van der Waals surface area (Å²) < 4.78 is 1.29. The Morgan fingerprint density at radius 3 is 2.62 bits per heavy atom. The lowest BCUT2D eigenvalue weighted by molar-refractivity contribution is 0.877. The number of allylic oxidation sites excluding steroid dienone is 2. The molecule has 114 valence electrons. The minimum atomic E-state index is -0.0317. The quantitative estimate of drug-likeness (QED) is 0.420. The Morgan fingerprint density at radius 2 is 1.79 bits per heavy atom. The number of nitrogens with zero attached hydrogens (tertiary/aromatic N) is 1. The van der Waals surface area contributed by atoms with Crippen molar-refractivity contribution in [2.24, 2.45) is 4.99 Å². The molecule has 0 saturated heterocycles. The zero-order valence-electron chi connectivity index (χ0n) is 13.0. The van der Waals surface area contributed by atoms with Gasteiger partial charge in [-0.1, -0.05) is 60.0 Å². The summed E-state index contributed by atoms with van der Waals surface area (Å²) in [5.74, 6) is 0. The lowest BCUT2D eigenvalue weighted by atomic mass is 9.97. The highest BCUT2D eigenvalue weighted by atomic mass is 32.1. The van der Waals surface area contributed by atoms with Crippen molar-refractivity contribution in [3.8, 4) is 0 Å². The zero-order valence-corrected chi connectivity index (χ0v) is 13.8. The summed E-state index contributed by atoms with van der Waals surface area (Å²) in [7, 11) is 0. The van der Waals surface area contributed by atoms with E-state index < -0.39 is 0 Å². The predicted molar refractivity (Wildman–Crippen MR) is 103 cm³/mol. The second-order valence-electron chi connectivity index (χ2n) is 5.54. The fourth-order valence-corrected chi connectivity index (χ4v) is 3.69. The molecule has 1 nitrogen and oxygen atoms in total. The molecule has 1 aromatic heterocycles. The fraction of sp³-hybridized carbons (Fsp3) is 0.0455. The molecule has 2 aromatic carbocycles. The molecular weight excluding hydrogens is 310 g/mol. The van der Waals surface area contributed by atoms with Gasteiger partial charge in [-0.05, 0) is 35.4 Å². The molecule has 4 rings (SSSR count). The van der Waals surface area contributed by atoms with Crippen LogP contribution >= 0.6 is 11.3 Å². The van der Waals surface area contributed by atoms with Crippen LogP contribution in [0.15, 0.2) is 100 Å². The van der Waals surface area contributed by atoms with Crippen LogP contribution in [0.3, 0.4) is 0 Å². The Balaban J connectivity index is 1.73. The van der Waals surface area contributed by atoms with Gasteiger partial charge in [0.1, 0.15) is 6.04 Å². The van der Waals surface area contributed by atoms with Crippen molar-refractivity contribution < 1.29 is 0 Å². The summed E-state index contributed by atoms with van der Waals surface area (Å²) in [4.78, 5) is 4.90. The minimum Gasteiger partial charge on any atom is -0.280 e. The van der Waals surface area contributed by atoms with Crippen LogP contribution in [0.25, 0.3) is 10.1 Å². The highest BCUT2D eigenvalue weighted by molar-refractivity contribution is 7.17. The second-order valence-corrected chi connectivity index (χ2v) is 6.46. The first kappa shape index (κ1) is 14.7. The highest BCUT2D eigenvalue weighted by Gasteiger charge is 2.13. The molecule has 0 bridgehead atoms. The predicted octanol–water partition coefficient (Wildman–Crippen LogP) is 5.87. The van der Waals surface area contributed by atoms with Gasteiger partial charge >= 0.3 is 0 Å². The lowest BCUT2D eigenvalue weighted by Gasteiger charge is -2.14. The van der Waals surface area contributed by atoms with Gasteiger partial charge in [0.15, 0.2) is 0 Å². The third-order valence-corrected chi connectivity index (χ3v) is 4.97. The standard InChI is InChI=1S/C22H15NS/c1-3-9-17(10-4-1)22(18-11-5-2-6-12-18)23-15-19-16-24-21-14-8-7-13-20(19)21/h1,3-5,7-16,22H. The topological polar surface area (TPSA) is 12.4 Å². The second kappa shape index (κ2) is 6.70. The van der Waals surface area contributed by atoms with Crippen LogP contribution in [-0.4, -0.2) is 6.21 Å². The number of fused-ring (bicyclic) bond motifs is 1. The molecule has 0 fully saturated rings. The molecule has 0 aliphatic heterocycles. The van der Waals surface area contributed by atoms with Gasteiger partial charge in [-0.3, -0.25) is 4.99 Å². The fourth-order valence-electron chi connectivity index (χ4n) is 2.78. The SMILES string of the molecule is C1=C=CC(C(N=Cc2csc3ccccc23)c2ccccc2)=CC=1. The summed E-state index contributed by atoms with van der Waals surface area (Å²) in [6, 6.07) is 18.8. The van der Waals surface area contributed by atoms with Gasteiger partial charge in [0, 0.05) is 27.2 Å². The molecule has 2 heteroatoms. The van der Waals surface area contributed by atoms with Crippen LogP contribution in [0.2, 0.25) is 0 Å². The van der Waals surface area contributed by atoms with Crippen molar-refractivity contribution in [3.63, 3.8) is 0 Å².